The number of benzene rings is 2. The summed E-state index contributed by atoms with van der Waals surface area (Å²) in [5.41, 5.74) is 1.30. The minimum atomic E-state index is -0.306. The fourth-order valence-electron chi connectivity index (χ4n) is 1.96. The molecule has 0 atom stereocenters. The van der Waals surface area contributed by atoms with Gasteiger partial charge in [0.15, 0.2) is 5.78 Å². The van der Waals surface area contributed by atoms with E-state index < -0.39 is 0 Å². The van der Waals surface area contributed by atoms with E-state index in [1.807, 2.05) is 11.8 Å². The van der Waals surface area contributed by atoms with Crippen molar-refractivity contribution in [2.24, 2.45) is 0 Å². The summed E-state index contributed by atoms with van der Waals surface area (Å²) in [7, 11) is 0. The van der Waals surface area contributed by atoms with Gasteiger partial charge in [-0.1, -0.05) is 17.7 Å². The largest absolute Gasteiger partial charge is 0.364 e. The van der Waals surface area contributed by atoms with Gasteiger partial charge in [0.25, 0.3) is 0 Å². The van der Waals surface area contributed by atoms with Gasteiger partial charge in [-0.25, -0.2) is 4.39 Å². The van der Waals surface area contributed by atoms with Crippen LogP contribution in [0.1, 0.15) is 17.3 Å². The van der Waals surface area contributed by atoms with E-state index in [1.54, 1.807) is 36.4 Å². The standard InChI is InChI=1S/C16H15ClFNO/c1-2-19(15-5-3-4-14(18)10-15)11-16(20)12-6-8-13(17)9-7-12/h3-10H,2,11H2,1H3. The molecule has 0 saturated carbocycles. The Hall–Kier alpha value is -1.87. The third-order valence-electron chi connectivity index (χ3n) is 3.06. The molecule has 2 nitrogen and oxygen atoms in total. The first-order valence-corrected chi connectivity index (χ1v) is 6.77. The van der Waals surface area contributed by atoms with E-state index in [1.165, 1.54) is 12.1 Å². The Morgan fingerprint density at radius 2 is 1.90 bits per heavy atom. The molecule has 2 aromatic rings. The van der Waals surface area contributed by atoms with Gasteiger partial charge >= 0.3 is 0 Å². The molecule has 0 spiro atoms. The molecule has 0 aliphatic rings. The number of rotatable bonds is 5. The first-order valence-electron chi connectivity index (χ1n) is 6.39. The summed E-state index contributed by atoms with van der Waals surface area (Å²) < 4.78 is 13.2. The van der Waals surface area contributed by atoms with E-state index in [0.717, 1.165) is 0 Å². The van der Waals surface area contributed by atoms with E-state index in [0.29, 0.717) is 22.8 Å². The van der Waals surface area contributed by atoms with Gasteiger partial charge in [-0.2, -0.15) is 0 Å². The molecule has 0 amide bonds. The second kappa shape index (κ2) is 6.53. The van der Waals surface area contributed by atoms with E-state index in [2.05, 4.69) is 0 Å². The maximum Gasteiger partial charge on any atom is 0.182 e. The summed E-state index contributed by atoms with van der Waals surface area (Å²) in [5.74, 6) is -0.326. The maximum atomic E-state index is 13.2. The molecule has 0 fully saturated rings. The summed E-state index contributed by atoms with van der Waals surface area (Å²) >= 11 is 5.80. The van der Waals surface area contributed by atoms with Crippen molar-refractivity contribution in [3.05, 3.63) is 64.9 Å². The molecule has 0 unspecified atom stereocenters. The van der Waals surface area contributed by atoms with Crippen molar-refractivity contribution < 1.29 is 9.18 Å². The quantitative estimate of drug-likeness (QED) is 0.770. The molecule has 0 bridgehead atoms. The van der Waals surface area contributed by atoms with Crippen LogP contribution in [0.15, 0.2) is 48.5 Å². The van der Waals surface area contributed by atoms with Crippen molar-refractivity contribution in [2.45, 2.75) is 6.92 Å². The average Bonchev–Trinajstić information content (AvgIpc) is 2.45. The van der Waals surface area contributed by atoms with Crippen LogP contribution in [-0.2, 0) is 0 Å². The Labute approximate surface area is 122 Å². The highest BCUT2D eigenvalue weighted by Gasteiger charge is 2.12. The highest BCUT2D eigenvalue weighted by molar-refractivity contribution is 6.30. The molecular weight excluding hydrogens is 277 g/mol. The lowest BCUT2D eigenvalue weighted by atomic mass is 10.1. The smallest absolute Gasteiger partial charge is 0.182 e. The maximum absolute atomic E-state index is 13.2. The number of likely N-dealkylation sites (N-methyl/N-ethyl adjacent to an activating group) is 1. The number of carbonyl (C=O) groups excluding carboxylic acids is 1. The number of hydrogen-bond donors (Lipinski definition) is 0. The van der Waals surface area contributed by atoms with Gasteiger partial charge in [0, 0.05) is 22.8 Å². The van der Waals surface area contributed by atoms with E-state index >= 15 is 0 Å². The lowest BCUT2D eigenvalue weighted by Crippen LogP contribution is -2.29. The van der Waals surface area contributed by atoms with E-state index in [4.69, 9.17) is 11.6 Å². The molecule has 0 heterocycles. The minimum absolute atomic E-state index is 0.0206. The van der Waals surface area contributed by atoms with Gasteiger partial charge in [-0.15, -0.1) is 0 Å². The van der Waals surface area contributed by atoms with Crippen molar-refractivity contribution in [3.8, 4) is 0 Å². The Morgan fingerprint density at radius 1 is 1.20 bits per heavy atom. The number of halogens is 2. The molecule has 20 heavy (non-hydrogen) atoms. The number of Topliss-reactive ketones (excluding diaryl/α,β-unsaturated/α-hetero) is 1. The number of carbonyl (C=O) groups is 1. The van der Waals surface area contributed by atoms with E-state index in [-0.39, 0.29) is 18.1 Å². The Kier molecular flexibility index (Phi) is 4.74. The SMILES string of the molecule is CCN(CC(=O)c1ccc(Cl)cc1)c1cccc(F)c1. The molecule has 0 radical (unpaired) electrons. The lowest BCUT2D eigenvalue weighted by molar-refractivity contribution is 0.0999. The number of nitrogens with zero attached hydrogens (tertiary/aromatic N) is 1. The molecule has 0 saturated heterocycles. The number of hydrogen-bond acceptors (Lipinski definition) is 2. The fourth-order valence-corrected chi connectivity index (χ4v) is 2.08. The van der Waals surface area contributed by atoms with Crippen LogP contribution in [-0.4, -0.2) is 18.9 Å². The molecule has 0 aliphatic heterocycles. The highest BCUT2D eigenvalue weighted by Crippen LogP contribution is 2.17. The zero-order valence-corrected chi connectivity index (χ0v) is 11.9. The van der Waals surface area contributed by atoms with Crippen molar-refractivity contribution in [1.29, 1.82) is 0 Å². The van der Waals surface area contributed by atoms with Crippen LogP contribution in [0.2, 0.25) is 5.02 Å². The first kappa shape index (κ1) is 14.5. The van der Waals surface area contributed by atoms with Crippen LogP contribution in [0, 0.1) is 5.82 Å². The fraction of sp³-hybridized carbons (Fsp3) is 0.188. The van der Waals surface area contributed by atoms with E-state index in [9.17, 15) is 9.18 Å². The number of anilines is 1. The molecule has 2 aromatic carbocycles. The van der Waals surface area contributed by atoms with Gasteiger partial charge in [0.1, 0.15) is 5.82 Å². The van der Waals surface area contributed by atoms with Crippen molar-refractivity contribution >= 4 is 23.1 Å². The average molecular weight is 292 g/mol. The Balaban J connectivity index is 2.14. The van der Waals surface area contributed by atoms with Crippen molar-refractivity contribution in [2.75, 3.05) is 18.0 Å². The van der Waals surface area contributed by atoms with Crippen LogP contribution in [0.3, 0.4) is 0 Å². The summed E-state index contributed by atoms with van der Waals surface area (Å²) in [6.07, 6.45) is 0. The summed E-state index contributed by atoms with van der Waals surface area (Å²) in [5, 5.41) is 0.596. The molecule has 0 N–H and O–H groups in total. The Morgan fingerprint density at radius 3 is 2.50 bits per heavy atom. The topological polar surface area (TPSA) is 20.3 Å². The second-order valence-corrected chi connectivity index (χ2v) is 4.86. The zero-order chi connectivity index (χ0) is 14.5. The van der Waals surface area contributed by atoms with Gasteiger partial charge in [-0.05, 0) is 49.4 Å². The predicted octanol–water partition coefficient (Wildman–Crippen LogP) is 4.19. The molecule has 4 heteroatoms. The third kappa shape index (κ3) is 3.58. The monoisotopic (exact) mass is 291 g/mol. The van der Waals surface area contributed by atoms with Crippen LogP contribution in [0.4, 0.5) is 10.1 Å². The van der Waals surface area contributed by atoms with Crippen LogP contribution in [0.5, 0.6) is 0 Å². The summed E-state index contributed by atoms with van der Waals surface area (Å²) in [4.78, 5) is 14.0. The van der Waals surface area contributed by atoms with Gasteiger partial charge in [0.2, 0.25) is 0 Å². The van der Waals surface area contributed by atoms with Gasteiger partial charge in [0.05, 0.1) is 6.54 Å². The van der Waals surface area contributed by atoms with Crippen LogP contribution < -0.4 is 4.90 Å². The summed E-state index contributed by atoms with van der Waals surface area (Å²) in [6.45, 7) is 2.77. The molecule has 0 aromatic heterocycles. The number of ketones is 1. The molecule has 104 valence electrons. The second-order valence-electron chi connectivity index (χ2n) is 4.42. The molecular formula is C16H15ClFNO. The molecule has 2 rings (SSSR count). The van der Waals surface area contributed by atoms with Crippen molar-refractivity contribution in [3.63, 3.8) is 0 Å². The first-order chi connectivity index (χ1) is 9.60. The minimum Gasteiger partial charge on any atom is -0.364 e. The highest BCUT2D eigenvalue weighted by atomic mass is 35.5. The third-order valence-corrected chi connectivity index (χ3v) is 3.31. The van der Waals surface area contributed by atoms with Gasteiger partial charge in [-0.3, -0.25) is 4.79 Å². The Bertz CT molecular complexity index is 598. The predicted molar refractivity (Wildman–Crippen MR) is 80.1 cm³/mol. The molecule has 0 aliphatic carbocycles. The van der Waals surface area contributed by atoms with Gasteiger partial charge < -0.3 is 4.90 Å². The van der Waals surface area contributed by atoms with Crippen LogP contribution >= 0.6 is 11.6 Å². The summed E-state index contributed by atoms with van der Waals surface area (Å²) in [6, 6.07) is 13.0. The zero-order valence-electron chi connectivity index (χ0n) is 11.1. The normalized spacial score (nSPS) is 10.3. The van der Waals surface area contributed by atoms with Crippen molar-refractivity contribution in [1.82, 2.24) is 0 Å². The lowest BCUT2D eigenvalue weighted by Gasteiger charge is -2.22. The van der Waals surface area contributed by atoms with Crippen LogP contribution in [0.25, 0.3) is 0 Å².